The van der Waals surface area contributed by atoms with Crippen LogP contribution in [0.15, 0.2) is 72.3 Å². The Bertz CT molecular complexity index is 1330. The minimum Gasteiger partial charge on any atom is -0.507 e. The summed E-state index contributed by atoms with van der Waals surface area (Å²) in [4.78, 5) is 28.2. The molecule has 0 radical (unpaired) electrons. The van der Waals surface area contributed by atoms with Gasteiger partial charge in [0.2, 0.25) is 0 Å². The second kappa shape index (κ2) is 10.4. The highest BCUT2D eigenvalue weighted by atomic mass is 16.5. The molecule has 36 heavy (non-hydrogen) atoms. The van der Waals surface area contributed by atoms with Gasteiger partial charge in [-0.05, 0) is 48.9 Å². The number of hydrogen-bond donors (Lipinski definition) is 1. The molecule has 1 unspecified atom stereocenters. The molecule has 3 aromatic carbocycles. The fourth-order valence-corrected chi connectivity index (χ4v) is 4.28. The summed E-state index contributed by atoms with van der Waals surface area (Å²) in [7, 11) is 4.52. The van der Waals surface area contributed by atoms with Crippen molar-refractivity contribution in [3.05, 3.63) is 83.4 Å². The lowest BCUT2D eigenvalue weighted by atomic mass is 9.94. The number of ether oxygens (including phenoxy) is 4. The minimum absolute atomic E-state index is 0.0632. The molecule has 1 N–H and O–H groups in total. The van der Waals surface area contributed by atoms with E-state index in [1.165, 1.54) is 26.2 Å². The first-order valence-electron chi connectivity index (χ1n) is 11.3. The minimum atomic E-state index is -0.961. The summed E-state index contributed by atoms with van der Waals surface area (Å²) in [6.45, 7) is 2.23. The largest absolute Gasteiger partial charge is 0.507 e. The number of hydrogen-bond acceptors (Lipinski definition) is 7. The maximum absolute atomic E-state index is 13.5. The van der Waals surface area contributed by atoms with Crippen molar-refractivity contribution in [2.24, 2.45) is 0 Å². The van der Waals surface area contributed by atoms with Gasteiger partial charge in [0.25, 0.3) is 11.7 Å². The molecule has 1 saturated heterocycles. The molecule has 1 heterocycles. The van der Waals surface area contributed by atoms with Gasteiger partial charge in [-0.25, -0.2) is 0 Å². The van der Waals surface area contributed by atoms with E-state index in [2.05, 4.69) is 0 Å². The molecule has 1 fully saturated rings. The van der Waals surface area contributed by atoms with E-state index in [0.29, 0.717) is 46.4 Å². The lowest BCUT2D eigenvalue weighted by Gasteiger charge is -2.27. The van der Waals surface area contributed by atoms with Gasteiger partial charge >= 0.3 is 0 Å². The maximum Gasteiger partial charge on any atom is 0.300 e. The van der Waals surface area contributed by atoms with Crippen molar-refractivity contribution in [1.29, 1.82) is 0 Å². The van der Waals surface area contributed by atoms with Crippen molar-refractivity contribution in [1.82, 2.24) is 0 Å². The highest BCUT2D eigenvalue weighted by molar-refractivity contribution is 6.52. The topological polar surface area (TPSA) is 94.5 Å². The summed E-state index contributed by atoms with van der Waals surface area (Å²) in [6, 6.07) is 17.8. The van der Waals surface area contributed by atoms with Crippen molar-refractivity contribution >= 4 is 23.1 Å². The number of rotatable bonds is 8. The molecule has 8 nitrogen and oxygen atoms in total. The highest BCUT2D eigenvalue weighted by Gasteiger charge is 2.48. The normalized spacial score (nSPS) is 16.7. The molecule has 3 aromatic rings. The quantitative estimate of drug-likeness (QED) is 0.278. The van der Waals surface area contributed by atoms with Gasteiger partial charge in [0.1, 0.15) is 17.3 Å². The van der Waals surface area contributed by atoms with Crippen LogP contribution in [0.5, 0.6) is 23.0 Å². The van der Waals surface area contributed by atoms with Crippen molar-refractivity contribution in [3.63, 3.8) is 0 Å². The number of amides is 1. The predicted molar refractivity (Wildman–Crippen MR) is 135 cm³/mol. The Labute approximate surface area is 209 Å². The zero-order valence-corrected chi connectivity index (χ0v) is 20.5. The van der Waals surface area contributed by atoms with Gasteiger partial charge in [0.15, 0.2) is 11.5 Å². The molecule has 4 rings (SSSR count). The van der Waals surface area contributed by atoms with Crippen LogP contribution < -0.4 is 23.8 Å². The maximum atomic E-state index is 13.5. The zero-order valence-electron chi connectivity index (χ0n) is 20.5. The first kappa shape index (κ1) is 24.7. The van der Waals surface area contributed by atoms with E-state index >= 15 is 0 Å². The van der Waals surface area contributed by atoms with Crippen LogP contribution in [-0.4, -0.2) is 44.7 Å². The van der Waals surface area contributed by atoms with Crippen LogP contribution in [0.4, 0.5) is 5.69 Å². The van der Waals surface area contributed by atoms with Crippen molar-refractivity contribution in [2.75, 3.05) is 32.8 Å². The molecular weight excluding hydrogens is 462 g/mol. The monoisotopic (exact) mass is 489 g/mol. The number of carbonyl (C=O) groups excluding carboxylic acids is 2. The average Bonchev–Trinajstić information content (AvgIpc) is 3.18. The highest BCUT2D eigenvalue weighted by Crippen LogP contribution is 2.46. The molecule has 1 aliphatic heterocycles. The molecule has 0 saturated carbocycles. The number of benzene rings is 3. The molecular formula is C28H27NO7. The molecule has 1 amide bonds. The smallest absolute Gasteiger partial charge is 0.300 e. The van der Waals surface area contributed by atoms with Crippen molar-refractivity contribution in [2.45, 2.75) is 13.0 Å². The Balaban J connectivity index is 1.99. The van der Waals surface area contributed by atoms with Crippen LogP contribution in [0.25, 0.3) is 5.76 Å². The number of ketones is 1. The molecule has 0 spiro atoms. The Morgan fingerprint density at radius 3 is 2.31 bits per heavy atom. The Morgan fingerprint density at radius 2 is 1.61 bits per heavy atom. The summed E-state index contributed by atoms with van der Waals surface area (Å²) in [5.74, 6) is -0.0692. The predicted octanol–water partition coefficient (Wildman–Crippen LogP) is 4.74. The molecule has 1 atom stereocenters. The lowest BCUT2D eigenvalue weighted by Crippen LogP contribution is -2.29. The van der Waals surface area contributed by atoms with E-state index in [-0.39, 0.29) is 11.3 Å². The van der Waals surface area contributed by atoms with Gasteiger partial charge in [0, 0.05) is 5.56 Å². The van der Waals surface area contributed by atoms with Crippen LogP contribution in [0.2, 0.25) is 0 Å². The Morgan fingerprint density at radius 1 is 0.861 bits per heavy atom. The second-order valence-electron chi connectivity index (χ2n) is 7.92. The van der Waals surface area contributed by atoms with Crippen molar-refractivity contribution in [3.8, 4) is 23.0 Å². The first-order chi connectivity index (χ1) is 17.4. The van der Waals surface area contributed by atoms with Crippen LogP contribution in [0.1, 0.15) is 24.1 Å². The zero-order chi connectivity index (χ0) is 25.8. The molecule has 0 aliphatic carbocycles. The van der Waals surface area contributed by atoms with Crippen LogP contribution >= 0.6 is 0 Å². The van der Waals surface area contributed by atoms with Gasteiger partial charge in [-0.2, -0.15) is 0 Å². The lowest BCUT2D eigenvalue weighted by molar-refractivity contribution is -0.132. The fourth-order valence-electron chi connectivity index (χ4n) is 4.28. The average molecular weight is 490 g/mol. The number of anilines is 1. The number of nitrogens with zero attached hydrogens (tertiary/aromatic N) is 1. The van der Waals surface area contributed by atoms with E-state index in [4.69, 9.17) is 18.9 Å². The van der Waals surface area contributed by atoms with E-state index in [0.717, 1.165) is 0 Å². The van der Waals surface area contributed by atoms with Crippen molar-refractivity contribution < 1.29 is 33.6 Å². The van der Waals surface area contributed by atoms with E-state index in [9.17, 15) is 14.7 Å². The van der Waals surface area contributed by atoms with Crippen LogP contribution in [0, 0.1) is 0 Å². The Kier molecular flexibility index (Phi) is 7.15. The third-order valence-corrected chi connectivity index (χ3v) is 5.94. The first-order valence-corrected chi connectivity index (χ1v) is 11.3. The SMILES string of the molecule is CCOc1cc(C2/C(=C(/O)c3cccc(OC)c3)C(=O)C(=O)N2c2ccccc2OC)ccc1OC. The third-order valence-electron chi connectivity index (χ3n) is 5.94. The number of para-hydroxylation sites is 2. The number of aliphatic hydroxyl groups excluding tert-OH is 1. The van der Waals surface area contributed by atoms with E-state index < -0.39 is 17.7 Å². The van der Waals surface area contributed by atoms with Gasteiger partial charge in [-0.3, -0.25) is 14.5 Å². The summed E-state index contributed by atoms with van der Waals surface area (Å²) in [5.41, 5.74) is 1.22. The fraction of sp³-hybridized carbons (Fsp3) is 0.214. The number of Topliss-reactive ketones (excluding diaryl/α,β-unsaturated/α-hetero) is 1. The molecule has 1 aliphatic rings. The summed E-state index contributed by atoms with van der Waals surface area (Å²) >= 11 is 0. The van der Waals surface area contributed by atoms with Crippen LogP contribution in [0.3, 0.4) is 0 Å². The molecule has 8 heteroatoms. The summed E-state index contributed by atoms with van der Waals surface area (Å²) in [5, 5.41) is 11.4. The van der Waals surface area contributed by atoms with E-state index in [1.54, 1.807) is 66.7 Å². The third kappa shape index (κ3) is 4.33. The Hall–Kier alpha value is -4.46. The summed E-state index contributed by atoms with van der Waals surface area (Å²) in [6.07, 6.45) is 0. The number of methoxy groups -OCH3 is 3. The number of aliphatic hydroxyl groups is 1. The molecule has 0 bridgehead atoms. The molecule has 0 aromatic heterocycles. The van der Waals surface area contributed by atoms with Gasteiger partial charge in [0.05, 0.1) is 45.2 Å². The van der Waals surface area contributed by atoms with Gasteiger partial charge in [-0.1, -0.05) is 30.3 Å². The molecule has 186 valence electrons. The van der Waals surface area contributed by atoms with E-state index in [1.807, 2.05) is 6.92 Å². The standard InChI is InChI=1S/C28H27NO7/c1-5-36-23-16-17(13-14-22(23)35-4)25-24(26(30)18-9-8-10-19(15-18)33-2)27(31)28(32)29(25)20-11-6-7-12-21(20)34-3/h6-16,25,30H,5H2,1-4H3/b26-24-. The van der Waals surface area contributed by atoms with Gasteiger partial charge in [-0.15, -0.1) is 0 Å². The second-order valence-corrected chi connectivity index (χ2v) is 7.92. The summed E-state index contributed by atoms with van der Waals surface area (Å²) < 4.78 is 21.9. The van der Waals surface area contributed by atoms with Gasteiger partial charge < -0.3 is 24.1 Å². The van der Waals surface area contributed by atoms with Crippen LogP contribution in [-0.2, 0) is 9.59 Å². The number of carbonyl (C=O) groups is 2.